The van der Waals surface area contributed by atoms with Crippen LogP contribution in [0.4, 0.5) is 0 Å². The lowest BCUT2D eigenvalue weighted by Crippen LogP contribution is -2.19. The highest BCUT2D eigenvalue weighted by Gasteiger charge is 2.28. The number of hydrogen-bond acceptors (Lipinski definition) is 1. The van der Waals surface area contributed by atoms with Crippen LogP contribution in [0, 0.1) is 5.92 Å². The van der Waals surface area contributed by atoms with Crippen LogP contribution in [0.3, 0.4) is 0 Å². The third kappa shape index (κ3) is 1.67. The number of halogens is 1. The van der Waals surface area contributed by atoms with Crippen LogP contribution in [0.5, 0.6) is 0 Å². The van der Waals surface area contributed by atoms with E-state index in [9.17, 15) is 0 Å². The second kappa shape index (κ2) is 4.06. The number of rotatable bonds is 1. The molecule has 0 N–H and O–H groups in total. The summed E-state index contributed by atoms with van der Waals surface area (Å²) in [6.07, 6.45) is 7.73. The second-order valence-corrected chi connectivity index (χ2v) is 5.80. The van der Waals surface area contributed by atoms with Gasteiger partial charge in [0.25, 0.3) is 0 Å². The summed E-state index contributed by atoms with van der Waals surface area (Å²) in [7, 11) is 0. The maximum absolute atomic E-state index is 6.27. The Balaban J connectivity index is 1.97. The number of nitrogens with zero attached hydrogens (tertiary/aromatic N) is 2. The lowest BCUT2D eigenvalue weighted by Gasteiger charge is -2.23. The fourth-order valence-corrected chi connectivity index (χ4v) is 3.46. The highest BCUT2D eigenvalue weighted by molar-refractivity contribution is 6.30. The molecule has 0 radical (unpaired) electrons. The Morgan fingerprint density at radius 1 is 1.25 bits per heavy atom. The van der Waals surface area contributed by atoms with Gasteiger partial charge in [-0.2, -0.15) is 0 Å². The first kappa shape index (κ1) is 10.6. The van der Waals surface area contributed by atoms with Crippen molar-refractivity contribution in [2.45, 2.75) is 57.9 Å². The first-order valence-electron chi connectivity index (χ1n) is 6.50. The molecule has 1 atom stereocenters. The zero-order valence-corrected chi connectivity index (χ0v) is 10.6. The van der Waals surface area contributed by atoms with Gasteiger partial charge in [0, 0.05) is 12.5 Å². The zero-order valence-electron chi connectivity index (χ0n) is 9.88. The normalized spacial score (nSPS) is 26.0. The van der Waals surface area contributed by atoms with E-state index in [1.807, 2.05) is 0 Å². The van der Waals surface area contributed by atoms with E-state index in [4.69, 9.17) is 11.6 Å². The third-order valence-corrected chi connectivity index (χ3v) is 4.46. The van der Waals surface area contributed by atoms with Crippen molar-refractivity contribution in [2.75, 3.05) is 0 Å². The molecular formula is C13H19ClN2. The molecule has 1 fully saturated rings. The lowest BCUT2D eigenvalue weighted by molar-refractivity contribution is 0.402. The van der Waals surface area contributed by atoms with Crippen LogP contribution in [0.15, 0.2) is 0 Å². The van der Waals surface area contributed by atoms with Crippen LogP contribution in [-0.2, 0) is 13.0 Å². The van der Waals surface area contributed by atoms with Gasteiger partial charge in [-0.15, -0.1) is 0 Å². The molecule has 1 aliphatic carbocycles. The quantitative estimate of drug-likeness (QED) is 0.728. The fourth-order valence-electron chi connectivity index (χ4n) is 3.20. The zero-order chi connectivity index (χ0) is 11.1. The predicted molar refractivity (Wildman–Crippen MR) is 65.9 cm³/mol. The van der Waals surface area contributed by atoms with E-state index < -0.39 is 0 Å². The predicted octanol–water partition coefficient (Wildman–Crippen LogP) is 3.78. The average Bonchev–Trinajstić information content (AvgIpc) is 2.87. The highest BCUT2D eigenvalue weighted by Crippen LogP contribution is 2.37. The molecule has 0 amide bonds. The summed E-state index contributed by atoms with van der Waals surface area (Å²) in [5, 5.41) is 0.772. The second-order valence-electron chi connectivity index (χ2n) is 5.44. The molecule has 0 spiro atoms. The minimum Gasteiger partial charge on any atom is -0.330 e. The smallest absolute Gasteiger partial charge is 0.150 e. The van der Waals surface area contributed by atoms with Gasteiger partial charge in [0.15, 0.2) is 5.15 Å². The minimum absolute atomic E-state index is 0.680. The van der Waals surface area contributed by atoms with Crippen molar-refractivity contribution in [3.8, 4) is 0 Å². The van der Waals surface area contributed by atoms with E-state index in [1.165, 1.54) is 43.6 Å². The molecule has 1 aromatic rings. The number of imidazole rings is 1. The van der Waals surface area contributed by atoms with Crippen molar-refractivity contribution >= 4 is 11.6 Å². The van der Waals surface area contributed by atoms with E-state index in [0.717, 1.165) is 24.0 Å². The summed E-state index contributed by atoms with van der Waals surface area (Å²) in [6, 6.07) is 0. The Hall–Kier alpha value is -0.500. The standard InChI is InChI=1S/C13H19ClN2/c1-9-6-7-16-11(8-9)12(14)15-13(16)10-4-2-3-5-10/h9-10H,2-8H2,1H3. The van der Waals surface area contributed by atoms with E-state index in [0.29, 0.717) is 5.92 Å². The summed E-state index contributed by atoms with van der Waals surface area (Å²) in [6.45, 7) is 3.43. The van der Waals surface area contributed by atoms with Crippen LogP contribution in [0.1, 0.15) is 56.5 Å². The number of hydrogen-bond donors (Lipinski definition) is 0. The van der Waals surface area contributed by atoms with Crippen LogP contribution in [0.25, 0.3) is 0 Å². The van der Waals surface area contributed by atoms with E-state index in [2.05, 4.69) is 16.5 Å². The van der Waals surface area contributed by atoms with Crippen molar-refractivity contribution in [2.24, 2.45) is 5.92 Å². The third-order valence-electron chi connectivity index (χ3n) is 4.16. The van der Waals surface area contributed by atoms with Gasteiger partial charge in [0.2, 0.25) is 0 Å². The van der Waals surface area contributed by atoms with Crippen LogP contribution < -0.4 is 0 Å². The number of aromatic nitrogens is 2. The maximum atomic E-state index is 6.27. The number of fused-ring (bicyclic) bond motifs is 1. The van der Waals surface area contributed by atoms with Gasteiger partial charge < -0.3 is 4.57 Å². The van der Waals surface area contributed by atoms with Crippen LogP contribution >= 0.6 is 11.6 Å². The van der Waals surface area contributed by atoms with Crippen LogP contribution in [-0.4, -0.2) is 9.55 Å². The fraction of sp³-hybridized carbons (Fsp3) is 0.769. The lowest BCUT2D eigenvalue weighted by atomic mass is 9.98. The molecule has 1 aliphatic heterocycles. The van der Waals surface area contributed by atoms with Crippen molar-refractivity contribution in [3.63, 3.8) is 0 Å². The highest BCUT2D eigenvalue weighted by atomic mass is 35.5. The molecule has 16 heavy (non-hydrogen) atoms. The molecule has 2 nitrogen and oxygen atoms in total. The molecule has 0 bridgehead atoms. The topological polar surface area (TPSA) is 17.8 Å². The van der Waals surface area contributed by atoms with Gasteiger partial charge in [-0.05, 0) is 31.6 Å². The monoisotopic (exact) mass is 238 g/mol. The first-order valence-corrected chi connectivity index (χ1v) is 6.88. The maximum Gasteiger partial charge on any atom is 0.150 e. The molecule has 0 aromatic carbocycles. The summed E-state index contributed by atoms with van der Waals surface area (Å²) >= 11 is 6.27. The van der Waals surface area contributed by atoms with Gasteiger partial charge >= 0.3 is 0 Å². The van der Waals surface area contributed by atoms with Crippen molar-refractivity contribution in [1.82, 2.24) is 9.55 Å². The first-order chi connectivity index (χ1) is 7.75. The molecular weight excluding hydrogens is 220 g/mol. The van der Waals surface area contributed by atoms with Gasteiger partial charge in [0.05, 0.1) is 5.69 Å². The van der Waals surface area contributed by atoms with Crippen molar-refractivity contribution in [3.05, 3.63) is 16.7 Å². The minimum atomic E-state index is 0.680. The van der Waals surface area contributed by atoms with Crippen molar-refractivity contribution in [1.29, 1.82) is 0 Å². The van der Waals surface area contributed by atoms with E-state index >= 15 is 0 Å². The molecule has 2 aliphatic rings. The SMILES string of the molecule is CC1CCn2c(C3CCCC3)nc(Cl)c2C1. The van der Waals surface area contributed by atoms with Gasteiger partial charge in [-0.25, -0.2) is 4.98 Å². The Labute approximate surface area is 102 Å². The van der Waals surface area contributed by atoms with Gasteiger partial charge in [-0.3, -0.25) is 0 Å². The summed E-state index contributed by atoms with van der Waals surface area (Å²) in [5.41, 5.74) is 1.29. The van der Waals surface area contributed by atoms with Crippen molar-refractivity contribution < 1.29 is 0 Å². The van der Waals surface area contributed by atoms with Crippen LogP contribution in [0.2, 0.25) is 5.15 Å². The van der Waals surface area contributed by atoms with Gasteiger partial charge in [-0.1, -0.05) is 31.4 Å². The molecule has 3 heteroatoms. The summed E-state index contributed by atoms with van der Waals surface area (Å²) in [5.74, 6) is 2.72. The summed E-state index contributed by atoms with van der Waals surface area (Å²) in [4.78, 5) is 4.64. The molecule has 1 aromatic heterocycles. The van der Waals surface area contributed by atoms with Gasteiger partial charge in [0.1, 0.15) is 5.82 Å². The molecule has 1 saturated carbocycles. The largest absolute Gasteiger partial charge is 0.330 e. The molecule has 1 unspecified atom stereocenters. The summed E-state index contributed by atoms with van der Waals surface area (Å²) < 4.78 is 2.42. The molecule has 0 saturated heterocycles. The molecule has 3 rings (SSSR count). The van der Waals surface area contributed by atoms with E-state index in [1.54, 1.807) is 0 Å². The van der Waals surface area contributed by atoms with E-state index in [-0.39, 0.29) is 0 Å². The average molecular weight is 239 g/mol. The Morgan fingerprint density at radius 2 is 2.00 bits per heavy atom. The molecule has 88 valence electrons. The Kier molecular flexibility index (Phi) is 2.70. The Morgan fingerprint density at radius 3 is 2.75 bits per heavy atom. The molecule has 2 heterocycles. The Bertz CT molecular complexity index is 391.